The van der Waals surface area contributed by atoms with Crippen LogP contribution >= 0.6 is 27.3 Å². The van der Waals surface area contributed by atoms with Gasteiger partial charge in [-0.1, -0.05) is 28.1 Å². The van der Waals surface area contributed by atoms with Crippen LogP contribution in [0.15, 0.2) is 34.4 Å². The fourth-order valence-corrected chi connectivity index (χ4v) is 3.19. The number of nitrogens with zero attached hydrogens (tertiary/aromatic N) is 1. The Bertz CT molecular complexity index is 584. The van der Waals surface area contributed by atoms with Gasteiger partial charge in [0.25, 0.3) is 5.56 Å². The molecule has 4 heteroatoms. The standard InChI is InChI=1S/C13H12BrNOS/c14-8-9-3-6-11(12-2-1-7-17-12)15(13(9)16)10-4-5-10/h1-3,6-7,10H,4-5,8H2. The maximum atomic E-state index is 12.3. The van der Waals surface area contributed by atoms with E-state index in [0.29, 0.717) is 11.4 Å². The lowest BCUT2D eigenvalue weighted by atomic mass is 10.2. The molecule has 0 spiro atoms. The van der Waals surface area contributed by atoms with Crippen LogP contribution in [0.2, 0.25) is 0 Å². The van der Waals surface area contributed by atoms with Gasteiger partial charge in [-0.15, -0.1) is 11.3 Å². The normalized spacial score (nSPS) is 15.1. The zero-order chi connectivity index (χ0) is 11.8. The van der Waals surface area contributed by atoms with Crippen molar-refractivity contribution in [3.05, 3.63) is 45.6 Å². The van der Waals surface area contributed by atoms with E-state index in [-0.39, 0.29) is 5.56 Å². The maximum absolute atomic E-state index is 12.3. The Morgan fingerprint density at radius 3 is 2.76 bits per heavy atom. The van der Waals surface area contributed by atoms with Gasteiger partial charge in [-0.25, -0.2) is 0 Å². The van der Waals surface area contributed by atoms with Crippen molar-refractivity contribution >= 4 is 27.3 Å². The van der Waals surface area contributed by atoms with Gasteiger partial charge in [0.15, 0.2) is 0 Å². The number of rotatable bonds is 3. The van der Waals surface area contributed by atoms with Gasteiger partial charge in [0.1, 0.15) is 0 Å². The molecule has 0 saturated heterocycles. The maximum Gasteiger partial charge on any atom is 0.255 e. The summed E-state index contributed by atoms with van der Waals surface area (Å²) in [5.74, 6) is 0. The molecule has 1 saturated carbocycles. The summed E-state index contributed by atoms with van der Waals surface area (Å²) in [7, 11) is 0. The van der Waals surface area contributed by atoms with Crippen LogP contribution < -0.4 is 5.56 Å². The van der Waals surface area contributed by atoms with Crippen molar-refractivity contribution in [2.24, 2.45) is 0 Å². The number of alkyl halides is 1. The molecule has 1 aliphatic carbocycles. The Labute approximate surface area is 112 Å². The van der Waals surface area contributed by atoms with Gasteiger partial charge in [-0.3, -0.25) is 4.79 Å². The highest BCUT2D eigenvalue weighted by Crippen LogP contribution is 2.38. The van der Waals surface area contributed by atoms with Crippen LogP contribution in [0.4, 0.5) is 0 Å². The zero-order valence-corrected chi connectivity index (χ0v) is 11.6. The van der Waals surface area contributed by atoms with Gasteiger partial charge in [0.05, 0.1) is 10.6 Å². The second-order valence-electron chi connectivity index (χ2n) is 4.26. The summed E-state index contributed by atoms with van der Waals surface area (Å²) in [5.41, 5.74) is 2.07. The minimum Gasteiger partial charge on any atom is -0.304 e. The summed E-state index contributed by atoms with van der Waals surface area (Å²) >= 11 is 5.06. The van der Waals surface area contributed by atoms with Crippen LogP contribution in [0.3, 0.4) is 0 Å². The van der Waals surface area contributed by atoms with Crippen molar-refractivity contribution in [3.63, 3.8) is 0 Å². The predicted octanol–water partition coefficient (Wildman–Crippen LogP) is 3.81. The van der Waals surface area contributed by atoms with E-state index in [1.54, 1.807) is 11.3 Å². The molecule has 0 bridgehead atoms. The molecule has 0 aromatic carbocycles. The highest BCUT2D eigenvalue weighted by atomic mass is 79.9. The van der Waals surface area contributed by atoms with E-state index in [0.717, 1.165) is 24.1 Å². The zero-order valence-electron chi connectivity index (χ0n) is 9.23. The van der Waals surface area contributed by atoms with E-state index in [1.165, 1.54) is 4.88 Å². The van der Waals surface area contributed by atoms with E-state index in [4.69, 9.17) is 0 Å². The van der Waals surface area contributed by atoms with Gasteiger partial charge < -0.3 is 4.57 Å². The van der Waals surface area contributed by atoms with Crippen LogP contribution in [0, 0.1) is 0 Å². The molecule has 0 N–H and O–H groups in total. The number of aromatic nitrogens is 1. The second kappa shape index (κ2) is 4.42. The molecule has 2 heterocycles. The van der Waals surface area contributed by atoms with Crippen molar-refractivity contribution in [1.82, 2.24) is 4.57 Å². The van der Waals surface area contributed by atoms with E-state index < -0.39 is 0 Å². The van der Waals surface area contributed by atoms with Gasteiger partial charge in [0.2, 0.25) is 0 Å². The average molecular weight is 310 g/mol. The first kappa shape index (κ1) is 11.2. The SMILES string of the molecule is O=c1c(CBr)ccc(-c2cccs2)n1C1CC1. The summed E-state index contributed by atoms with van der Waals surface area (Å²) in [6.45, 7) is 0. The van der Waals surface area contributed by atoms with E-state index in [1.807, 2.05) is 16.7 Å². The third-order valence-electron chi connectivity index (χ3n) is 3.03. The largest absolute Gasteiger partial charge is 0.304 e. The van der Waals surface area contributed by atoms with Gasteiger partial charge in [-0.2, -0.15) is 0 Å². The summed E-state index contributed by atoms with van der Waals surface area (Å²) < 4.78 is 1.97. The summed E-state index contributed by atoms with van der Waals surface area (Å²) in [6, 6.07) is 8.53. The van der Waals surface area contributed by atoms with Crippen molar-refractivity contribution in [3.8, 4) is 10.6 Å². The number of halogens is 1. The van der Waals surface area contributed by atoms with Crippen LogP contribution in [0.1, 0.15) is 24.4 Å². The number of thiophene rings is 1. The molecule has 2 aromatic heterocycles. The fourth-order valence-electron chi connectivity index (χ4n) is 2.02. The molecule has 0 aliphatic heterocycles. The lowest BCUT2D eigenvalue weighted by Gasteiger charge is -2.12. The molecular weight excluding hydrogens is 298 g/mol. The Morgan fingerprint density at radius 1 is 1.35 bits per heavy atom. The molecule has 3 rings (SSSR count). The highest BCUT2D eigenvalue weighted by Gasteiger charge is 2.27. The topological polar surface area (TPSA) is 22.0 Å². The Hall–Kier alpha value is -0.870. The lowest BCUT2D eigenvalue weighted by Crippen LogP contribution is -2.23. The van der Waals surface area contributed by atoms with E-state index >= 15 is 0 Å². The summed E-state index contributed by atoms with van der Waals surface area (Å²) in [6.07, 6.45) is 2.26. The van der Waals surface area contributed by atoms with Gasteiger partial charge in [-0.05, 0) is 30.4 Å². The Kier molecular flexibility index (Phi) is 2.92. The molecule has 0 atom stereocenters. The molecule has 88 valence electrons. The molecule has 17 heavy (non-hydrogen) atoms. The molecule has 0 radical (unpaired) electrons. The molecule has 2 nitrogen and oxygen atoms in total. The van der Waals surface area contributed by atoms with Crippen molar-refractivity contribution in [1.29, 1.82) is 0 Å². The fraction of sp³-hybridized carbons (Fsp3) is 0.308. The molecule has 2 aromatic rings. The monoisotopic (exact) mass is 309 g/mol. The third-order valence-corrected chi connectivity index (χ3v) is 4.52. The lowest BCUT2D eigenvalue weighted by molar-refractivity contribution is 0.711. The first-order chi connectivity index (χ1) is 8.31. The van der Waals surface area contributed by atoms with Crippen LogP contribution in [0.25, 0.3) is 10.6 Å². The Balaban J connectivity index is 2.22. The van der Waals surface area contributed by atoms with Crippen LogP contribution in [-0.4, -0.2) is 4.57 Å². The number of hydrogen-bond acceptors (Lipinski definition) is 2. The van der Waals surface area contributed by atoms with Crippen molar-refractivity contribution in [2.45, 2.75) is 24.2 Å². The van der Waals surface area contributed by atoms with E-state index in [9.17, 15) is 4.79 Å². The highest BCUT2D eigenvalue weighted by molar-refractivity contribution is 9.08. The van der Waals surface area contributed by atoms with Crippen molar-refractivity contribution < 1.29 is 0 Å². The second-order valence-corrected chi connectivity index (χ2v) is 5.77. The van der Waals surface area contributed by atoms with Crippen LogP contribution in [-0.2, 0) is 5.33 Å². The van der Waals surface area contributed by atoms with Gasteiger partial charge >= 0.3 is 0 Å². The molecule has 1 aliphatic rings. The van der Waals surface area contributed by atoms with Crippen LogP contribution in [0.5, 0.6) is 0 Å². The first-order valence-corrected chi connectivity index (χ1v) is 7.65. The Morgan fingerprint density at radius 2 is 2.18 bits per heavy atom. The summed E-state index contributed by atoms with van der Waals surface area (Å²) in [4.78, 5) is 13.5. The van der Waals surface area contributed by atoms with Gasteiger partial charge in [0, 0.05) is 16.9 Å². The van der Waals surface area contributed by atoms with E-state index in [2.05, 4.69) is 33.4 Å². The summed E-state index contributed by atoms with van der Waals surface area (Å²) in [5, 5.41) is 2.68. The predicted molar refractivity (Wildman–Crippen MR) is 74.9 cm³/mol. The molecular formula is C13H12BrNOS. The molecule has 0 unspecified atom stereocenters. The first-order valence-electron chi connectivity index (χ1n) is 5.65. The molecule has 0 amide bonds. The van der Waals surface area contributed by atoms with Crippen molar-refractivity contribution in [2.75, 3.05) is 0 Å². The average Bonchev–Trinajstić information content (AvgIpc) is 3.03. The number of hydrogen-bond donors (Lipinski definition) is 0. The third kappa shape index (κ3) is 2.00. The molecule has 1 fully saturated rings. The minimum atomic E-state index is 0.162. The smallest absolute Gasteiger partial charge is 0.255 e. The minimum absolute atomic E-state index is 0.162. The quantitative estimate of drug-likeness (QED) is 0.790. The number of pyridine rings is 1.